The summed E-state index contributed by atoms with van der Waals surface area (Å²) >= 11 is 9.30. The smallest absolute Gasteiger partial charge is 0.265 e. The third-order valence-electron chi connectivity index (χ3n) is 3.78. The molecule has 0 spiro atoms. The molecule has 1 amide bonds. The van der Waals surface area contributed by atoms with Crippen LogP contribution in [0, 0.1) is 0 Å². The lowest BCUT2D eigenvalue weighted by Gasteiger charge is -2.16. The van der Waals surface area contributed by atoms with Gasteiger partial charge in [0.15, 0.2) is 6.10 Å². The molecule has 138 valence electrons. The van der Waals surface area contributed by atoms with Crippen molar-refractivity contribution in [3.8, 4) is 5.75 Å². The highest BCUT2D eigenvalue weighted by molar-refractivity contribution is 9.10. The molecule has 0 aliphatic carbocycles. The number of hydrogen-bond donors (Lipinski definition) is 2. The van der Waals surface area contributed by atoms with Crippen molar-refractivity contribution in [3.63, 3.8) is 0 Å². The summed E-state index contributed by atoms with van der Waals surface area (Å²) in [6.45, 7) is 1.70. The van der Waals surface area contributed by atoms with E-state index in [1.807, 2.05) is 54.6 Å². The van der Waals surface area contributed by atoms with Gasteiger partial charge in [0.1, 0.15) is 5.75 Å². The van der Waals surface area contributed by atoms with Crippen molar-refractivity contribution in [2.75, 3.05) is 10.6 Å². The Hall–Kier alpha value is -2.50. The topological polar surface area (TPSA) is 50.4 Å². The molecule has 3 aromatic carbocycles. The molecule has 4 nitrogen and oxygen atoms in total. The highest BCUT2D eigenvalue weighted by atomic mass is 79.9. The fourth-order valence-electron chi connectivity index (χ4n) is 2.38. The number of ether oxygens (including phenoxy) is 1. The van der Waals surface area contributed by atoms with Crippen LogP contribution in [0.2, 0.25) is 5.02 Å². The molecule has 3 aromatic rings. The summed E-state index contributed by atoms with van der Waals surface area (Å²) in [7, 11) is 0. The number of carbonyl (C=O) groups is 1. The van der Waals surface area contributed by atoms with Crippen LogP contribution in [0.15, 0.2) is 77.3 Å². The van der Waals surface area contributed by atoms with Gasteiger partial charge in [-0.25, -0.2) is 0 Å². The van der Waals surface area contributed by atoms with Crippen LogP contribution in [0.4, 0.5) is 17.1 Å². The first kappa shape index (κ1) is 19.3. The lowest BCUT2D eigenvalue weighted by atomic mass is 10.2. The minimum atomic E-state index is -0.662. The molecule has 2 N–H and O–H groups in total. The summed E-state index contributed by atoms with van der Waals surface area (Å²) in [5, 5.41) is 6.74. The maximum Gasteiger partial charge on any atom is 0.265 e. The van der Waals surface area contributed by atoms with Crippen LogP contribution in [0.25, 0.3) is 0 Å². The molecule has 3 rings (SSSR count). The largest absolute Gasteiger partial charge is 0.480 e. The average molecular weight is 446 g/mol. The summed E-state index contributed by atoms with van der Waals surface area (Å²) in [4.78, 5) is 12.4. The summed E-state index contributed by atoms with van der Waals surface area (Å²) < 4.78 is 6.41. The van der Waals surface area contributed by atoms with Crippen molar-refractivity contribution >= 4 is 50.5 Å². The van der Waals surface area contributed by atoms with E-state index in [0.717, 1.165) is 11.4 Å². The first-order valence-corrected chi connectivity index (χ1v) is 9.53. The first-order chi connectivity index (χ1) is 13.0. The summed E-state index contributed by atoms with van der Waals surface area (Å²) in [6, 6.07) is 22.5. The standard InChI is InChI=1S/C21H18BrClN2O2/c1-14(27-20-12-7-15(23)13-19(20)22)21(26)25-18-10-8-17(9-11-18)24-16-5-3-2-4-6-16/h2-14,24H,1H3,(H,25,26). The molecule has 0 heterocycles. The van der Waals surface area contributed by atoms with E-state index in [2.05, 4.69) is 26.6 Å². The van der Waals surface area contributed by atoms with E-state index < -0.39 is 6.10 Å². The van der Waals surface area contributed by atoms with Crippen molar-refractivity contribution in [2.24, 2.45) is 0 Å². The predicted octanol–water partition coefficient (Wildman–Crippen LogP) is 6.25. The van der Waals surface area contributed by atoms with Gasteiger partial charge in [0.2, 0.25) is 0 Å². The number of para-hydroxylation sites is 1. The second-order valence-electron chi connectivity index (χ2n) is 5.89. The van der Waals surface area contributed by atoms with Gasteiger partial charge in [0.25, 0.3) is 5.91 Å². The van der Waals surface area contributed by atoms with E-state index in [0.29, 0.717) is 20.9 Å². The molecule has 0 radical (unpaired) electrons. The number of benzene rings is 3. The predicted molar refractivity (Wildman–Crippen MR) is 114 cm³/mol. The van der Waals surface area contributed by atoms with E-state index >= 15 is 0 Å². The van der Waals surface area contributed by atoms with E-state index in [4.69, 9.17) is 16.3 Å². The minimum Gasteiger partial charge on any atom is -0.480 e. The Kier molecular flexibility index (Phi) is 6.37. The fraction of sp³-hybridized carbons (Fsp3) is 0.0952. The van der Waals surface area contributed by atoms with Crippen LogP contribution in [0.5, 0.6) is 5.75 Å². The molecular formula is C21H18BrClN2O2. The monoisotopic (exact) mass is 444 g/mol. The molecule has 0 aliphatic rings. The number of amides is 1. The Morgan fingerprint density at radius 1 is 0.963 bits per heavy atom. The van der Waals surface area contributed by atoms with Gasteiger partial charge >= 0.3 is 0 Å². The molecular weight excluding hydrogens is 428 g/mol. The molecule has 6 heteroatoms. The van der Waals surface area contributed by atoms with Gasteiger partial charge in [-0.15, -0.1) is 0 Å². The maximum absolute atomic E-state index is 12.4. The van der Waals surface area contributed by atoms with Gasteiger partial charge < -0.3 is 15.4 Å². The highest BCUT2D eigenvalue weighted by Gasteiger charge is 2.16. The minimum absolute atomic E-state index is 0.236. The number of carbonyl (C=O) groups excluding carboxylic acids is 1. The van der Waals surface area contributed by atoms with E-state index in [1.54, 1.807) is 25.1 Å². The molecule has 0 bridgehead atoms. The zero-order valence-electron chi connectivity index (χ0n) is 14.6. The molecule has 1 atom stereocenters. The Labute approximate surface area is 171 Å². The summed E-state index contributed by atoms with van der Waals surface area (Å²) in [5.74, 6) is 0.324. The third-order valence-corrected chi connectivity index (χ3v) is 4.64. The van der Waals surface area contributed by atoms with Crippen LogP contribution in [0.3, 0.4) is 0 Å². The zero-order valence-corrected chi connectivity index (χ0v) is 16.9. The first-order valence-electron chi connectivity index (χ1n) is 8.36. The molecule has 1 unspecified atom stereocenters. The Morgan fingerprint density at radius 2 is 1.59 bits per heavy atom. The molecule has 27 heavy (non-hydrogen) atoms. The lowest BCUT2D eigenvalue weighted by Crippen LogP contribution is -2.30. The van der Waals surface area contributed by atoms with Crippen molar-refractivity contribution in [1.82, 2.24) is 0 Å². The van der Waals surface area contributed by atoms with E-state index in [9.17, 15) is 4.79 Å². The zero-order chi connectivity index (χ0) is 19.2. The van der Waals surface area contributed by atoms with Crippen LogP contribution in [-0.2, 0) is 4.79 Å². The second kappa shape index (κ2) is 8.93. The number of hydrogen-bond acceptors (Lipinski definition) is 3. The summed E-state index contributed by atoms with van der Waals surface area (Å²) in [5.41, 5.74) is 2.64. The Balaban J connectivity index is 1.58. The molecule has 0 saturated heterocycles. The molecule has 0 aromatic heterocycles. The molecule has 0 fully saturated rings. The second-order valence-corrected chi connectivity index (χ2v) is 7.18. The third kappa shape index (κ3) is 5.49. The van der Waals surface area contributed by atoms with Gasteiger partial charge in [0, 0.05) is 22.1 Å². The van der Waals surface area contributed by atoms with E-state index in [-0.39, 0.29) is 5.91 Å². The average Bonchev–Trinajstić information content (AvgIpc) is 2.66. The van der Waals surface area contributed by atoms with Crippen molar-refractivity contribution in [3.05, 3.63) is 82.3 Å². The normalized spacial score (nSPS) is 11.5. The van der Waals surface area contributed by atoms with Crippen molar-refractivity contribution in [1.29, 1.82) is 0 Å². The SMILES string of the molecule is CC(Oc1ccc(Cl)cc1Br)C(=O)Nc1ccc(Nc2ccccc2)cc1. The number of nitrogens with one attached hydrogen (secondary N) is 2. The maximum atomic E-state index is 12.4. The fourth-order valence-corrected chi connectivity index (χ4v) is 3.16. The highest BCUT2D eigenvalue weighted by Crippen LogP contribution is 2.29. The van der Waals surface area contributed by atoms with Crippen LogP contribution < -0.4 is 15.4 Å². The van der Waals surface area contributed by atoms with Crippen LogP contribution in [0.1, 0.15) is 6.92 Å². The number of anilines is 3. The lowest BCUT2D eigenvalue weighted by molar-refractivity contribution is -0.122. The number of rotatable bonds is 6. The van der Waals surface area contributed by atoms with Crippen LogP contribution >= 0.6 is 27.5 Å². The van der Waals surface area contributed by atoms with Gasteiger partial charge in [-0.2, -0.15) is 0 Å². The Bertz CT molecular complexity index is 917. The summed E-state index contributed by atoms with van der Waals surface area (Å²) in [6.07, 6.45) is -0.662. The van der Waals surface area contributed by atoms with E-state index in [1.165, 1.54) is 0 Å². The van der Waals surface area contributed by atoms with Gasteiger partial charge in [-0.1, -0.05) is 29.8 Å². The van der Waals surface area contributed by atoms with Crippen LogP contribution in [-0.4, -0.2) is 12.0 Å². The molecule has 0 saturated carbocycles. The Morgan fingerprint density at radius 3 is 2.26 bits per heavy atom. The van der Waals surface area contributed by atoms with Gasteiger partial charge in [-0.05, 0) is 77.5 Å². The quantitative estimate of drug-likeness (QED) is 0.471. The van der Waals surface area contributed by atoms with Crippen molar-refractivity contribution < 1.29 is 9.53 Å². The van der Waals surface area contributed by atoms with Gasteiger partial charge in [0.05, 0.1) is 4.47 Å². The van der Waals surface area contributed by atoms with Crippen molar-refractivity contribution in [2.45, 2.75) is 13.0 Å². The molecule has 0 aliphatic heterocycles. The number of halogens is 2. The van der Waals surface area contributed by atoms with Gasteiger partial charge in [-0.3, -0.25) is 4.79 Å².